The normalized spacial score (nSPS) is 14.9. The van der Waals surface area contributed by atoms with E-state index in [0.29, 0.717) is 37.5 Å². The molecule has 1 saturated heterocycles. The lowest BCUT2D eigenvalue weighted by atomic mass is 10.1. The summed E-state index contributed by atoms with van der Waals surface area (Å²) in [6, 6.07) is 11.1. The molecule has 0 bridgehead atoms. The summed E-state index contributed by atoms with van der Waals surface area (Å²) in [5.41, 5.74) is 2.78. The van der Waals surface area contributed by atoms with E-state index in [1.165, 1.54) is 6.26 Å². The molecule has 4 rings (SSSR count). The molecule has 6 nitrogen and oxygen atoms in total. The maximum Gasteiger partial charge on any atom is 0.289 e. The molecule has 1 aliphatic heterocycles. The number of carbonyl (C=O) groups excluding carboxylic acids is 2. The topological polar surface area (TPSA) is 69.6 Å². The standard InChI is InChI=1S/C19H19N3O3/c1-13-11-15-12-14(4-5-16(15)20-13)18(23)21-6-8-22(9-7-21)19(24)17-3-2-10-25-17/h2-5,10-12,20H,6-9H2,1H3. The number of amides is 2. The van der Waals surface area contributed by atoms with Gasteiger partial charge in [0.15, 0.2) is 5.76 Å². The van der Waals surface area contributed by atoms with Gasteiger partial charge in [-0.3, -0.25) is 9.59 Å². The Morgan fingerprint density at radius 1 is 1.00 bits per heavy atom. The van der Waals surface area contributed by atoms with Crippen molar-refractivity contribution >= 4 is 22.7 Å². The zero-order valence-electron chi connectivity index (χ0n) is 14.0. The third-order valence-electron chi connectivity index (χ3n) is 4.59. The number of fused-ring (bicyclic) bond motifs is 1. The monoisotopic (exact) mass is 337 g/mol. The Kier molecular flexibility index (Phi) is 3.80. The van der Waals surface area contributed by atoms with Crippen LogP contribution in [0.4, 0.5) is 0 Å². The van der Waals surface area contributed by atoms with Crippen LogP contribution >= 0.6 is 0 Å². The fourth-order valence-corrected chi connectivity index (χ4v) is 3.26. The van der Waals surface area contributed by atoms with Crippen molar-refractivity contribution in [3.05, 3.63) is 59.7 Å². The maximum absolute atomic E-state index is 12.7. The number of aromatic amines is 1. The summed E-state index contributed by atoms with van der Waals surface area (Å²) in [4.78, 5) is 31.8. The number of benzene rings is 1. The van der Waals surface area contributed by atoms with E-state index in [2.05, 4.69) is 4.98 Å². The van der Waals surface area contributed by atoms with Crippen LogP contribution in [0.5, 0.6) is 0 Å². The van der Waals surface area contributed by atoms with Crippen LogP contribution in [0, 0.1) is 6.92 Å². The van der Waals surface area contributed by atoms with E-state index in [4.69, 9.17) is 4.42 Å². The Bertz CT molecular complexity index is 919. The Hall–Kier alpha value is -3.02. The predicted octanol–water partition coefficient (Wildman–Crippen LogP) is 2.67. The van der Waals surface area contributed by atoms with Crippen LogP contribution in [0.3, 0.4) is 0 Å². The lowest BCUT2D eigenvalue weighted by molar-refractivity contribution is 0.0518. The lowest BCUT2D eigenvalue weighted by Gasteiger charge is -2.34. The quantitative estimate of drug-likeness (QED) is 0.781. The van der Waals surface area contributed by atoms with Gasteiger partial charge >= 0.3 is 0 Å². The van der Waals surface area contributed by atoms with Crippen molar-refractivity contribution in [2.24, 2.45) is 0 Å². The number of hydrogen-bond donors (Lipinski definition) is 1. The van der Waals surface area contributed by atoms with Gasteiger partial charge < -0.3 is 19.2 Å². The van der Waals surface area contributed by atoms with E-state index >= 15 is 0 Å². The molecule has 2 amide bonds. The summed E-state index contributed by atoms with van der Waals surface area (Å²) < 4.78 is 5.16. The smallest absolute Gasteiger partial charge is 0.289 e. The highest BCUT2D eigenvalue weighted by Gasteiger charge is 2.26. The number of piperazine rings is 1. The highest BCUT2D eigenvalue weighted by atomic mass is 16.3. The minimum Gasteiger partial charge on any atom is -0.459 e. The molecule has 1 fully saturated rings. The van der Waals surface area contributed by atoms with Gasteiger partial charge in [-0.25, -0.2) is 0 Å². The summed E-state index contributed by atoms with van der Waals surface area (Å²) in [6.45, 7) is 4.06. The van der Waals surface area contributed by atoms with Crippen molar-refractivity contribution in [3.8, 4) is 0 Å². The van der Waals surface area contributed by atoms with Crippen LogP contribution in [-0.2, 0) is 0 Å². The fourth-order valence-electron chi connectivity index (χ4n) is 3.26. The Morgan fingerprint density at radius 3 is 2.40 bits per heavy atom. The van der Waals surface area contributed by atoms with E-state index in [1.807, 2.05) is 31.2 Å². The number of nitrogens with zero attached hydrogens (tertiary/aromatic N) is 2. The van der Waals surface area contributed by atoms with Crippen molar-refractivity contribution in [1.82, 2.24) is 14.8 Å². The SMILES string of the molecule is Cc1cc2cc(C(=O)N3CCN(C(=O)c4ccco4)CC3)ccc2[nH]1. The molecule has 0 radical (unpaired) electrons. The zero-order valence-corrected chi connectivity index (χ0v) is 14.0. The van der Waals surface area contributed by atoms with Crippen molar-refractivity contribution in [1.29, 1.82) is 0 Å². The first-order valence-electron chi connectivity index (χ1n) is 8.33. The second-order valence-corrected chi connectivity index (χ2v) is 6.32. The Balaban J connectivity index is 1.44. The van der Waals surface area contributed by atoms with Gasteiger partial charge in [0, 0.05) is 48.3 Å². The molecule has 0 saturated carbocycles. The summed E-state index contributed by atoms with van der Waals surface area (Å²) in [6.07, 6.45) is 1.49. The molecule has 2 aromatic heterocycles. The fraction of sp³-hybridized carbons (Fsp3) is 0.263. The van der Waals surface area contributed by atoms with E-state index in [-0.39, 0.29) is 11.8 Å². The van der Waals surface area contributed by atoms with E-state index in [1.54, 1.807) is 21.9 Å². The number of carbonyl (C=O) groups is 2. The molecule has 0 atom stereocenters. The maximum atomic E-state index is 12.7. The number of aryl methyl sites for hydroxylation is 1. The molecule has 0 aliphatic carbocycles. The van der Waals surface area contributed by atoms with Crippen molar-refractivity contribution in [2.75, 3.05) is 26.2 Å². The van der Waals surface area contributed by atoms with Crippen molar-refractivity contribution in [3.63, 3.8) is 0 Å². The molecule has 0 unspecified atom stereocenters. The molecule has 1 aliphatic rings. The molecular formula is C19H19N3O3. The first kappa shape index (κ1) is 15.5. The number of H-pyrrole nitrogens is 1. The van der Waals surface area contributed by atoms with Gasteiger partial charge in [-0.15, -0.1) is 0 Å². The first-order chi connectivity index (χ1) is 12.1. The third kappa shape index (κ3) is 2.91. The number of hydrogen-bond acceptors (Lipinski definition) is 3. The minimum atomic E-state index is -0.124. The second kappa shape index (κ2) is 6.12. The summed E-state index contributed by atoms with van der Waals surface area (Å²) in [7, 11) is 0. The van der Waals surface area contributed by atoms with Crippen LogP contribution in [0.2, 0.25) is 0 Å². The molecule has 3 aromatic rings. The van der Waals surface area contributed by atoms with Crippen LogP contribution in [0.15, 0.2) is 47.1 Å². The lowest BCUT2D eigenvalue weighted by Crippen LogP contribution is -2.50. The molecule has 128 valence electrons. The van der Waals surface area contributed by atoms with Gasteiger partial charge in [0.25, 0.3) is 11.8 Å². The molecule has 6 heteroatoms. The van der Waals surface area contributed by atoms with Crippen LogP contribution in [0.25, 0.3) is 10.9 Å². The molecule has 3 heterocycles. The van der Waals surface area contributed by atoms with Gasteiger partial charge in [0.1, 0.15) is 0 Å². The minimum absolute atomic E-state index is 0.00542. The van der Waals surface area contributed by atoms with E-state index < -0.39 is 0 Å². The summed E-state index contributed by atoms with van der Waals surface area (Å²) >= 11 is 0. The highest BCUT2D eigenvalue weighted by Crippen LogP contribution is 2.19. The van der Waals surface area contributed by atoms with Gasteiger partial charge in [-0.05, 0) is 43.3 Å². The number of rotatable bonds is 2. The van der Waals surface area contributed by atoms with Gasteiger partial charge in [-0.1, -0.05) is 0 Å². The third-order valence-corrected chi connectivity index (χ3v) is 4.59. The molecule has 0 spiro atoms. The van der Waals surface area contributed by atoms with Crippen LogP contribution in [0.1, 0.15) is 26.6 Å². The first-order valence-corrected chi connectivity index (χ1v) is 8.33. The number of nitrogens with one attached hydrogen (secondary N) is 1. The molecular weight excluding hydrogens is 318 g/mol. The Labute approximate surface area is 145 Å². The van der Waals surface area contributed by atoms with Crippen molar-refractivity contribution in [2.45, 2.75) is 6.92 Å². The molecule has 25 heavy (non-hydrogen) atoms. The van der Waals surface area contributed by atoms with Gasteiger partial charge in [0.05, 0.1) is 6.26 Å². The number of furan rings is 1. The second-order valence-electron chi connectivity index (χ2n) is 6.32. The summed E-state index contributed by atoms with van der Waals surface area (Å²) in [5.74, 6) is 0.222. The average Bonchev–Trinajstić information content (AvgIpc) is 3.28. The predicted molar refractivity (Wildman–Crippen MR) is 93.6 cm³/mol. The molecule has 1 N–H and O–H groups in total. The largest absolute Gasteiger partial charge is 0.459 e. The van der Waals surface area contributed by atoms with Gasteiger partial charge in [0.2, 0.25) is 0 Å². The van der Waals surface area contributed by atoms with E-state index in [0.717, 1.165) is 16.6 Å². The van der Waals surface area contributed by atoms with Crippen molar-refractivity contribution < 1.29 is 14.0 Å². The highest BCUT2D eigenvalue weighted by molar-refractivity contribution is 5.98. The van der Waals surface area contributed by atoms with E-state index in [9.17, 15) is 9.59 Å². The average molecular weight is 337 g/mol. The Morgan fingerprint density at radius 2 is 1.72 bits per heavy atom. The summed E-state index contributed by atoms with van der Waals surface area (Å²) in [5, 5.41) is 1.04. The zero-order chi connectivity index (χ0) is 17.4. The molecule has 1 aromatic carbocycles. The number of aromatic nitrogens is 1. The van der Waals surface area contributed by atoms with Crippen LogP contribution < -0.4 is 0 Å². The van der Waals surface area contributed by atoms with Crippen LogP contribution in [-0.4, -0.2) is 52.8 Å². The van der Waals surface area contributed by atoms with Gasteiger partial charge in [-0.2, -0.15) is 0 Å².